The molecule has 2 unspecified atom stereocenters. The van der Waals surface area contributed by atoms with Crippen LogP contribution in [0.4, 0.5) is 10.2 Å². The Morgan fingerprint density at radius 1 is 1.19 bits per heavy atom. The van der Waals surface area contributed by atoms with Crippen LogP contribution in [-0.4, -0.2) is 62.9 Å². The van der Waals surface area contributed by atoms with E-state index >= 15 is 4.39 Å². The van der Waals surface area contributed by atoms with Crippen molar-refractivity contribution in [1.82, 2.24) is 20.3 Å². The topological polar surface area (TPSA) is 145 Å². The van der Waals surface area contributed by atoms with Gasteiger partial charge in [-0.05, 0) is 63.1 Å². The summed E-state index contributed by atoms with van der Waals surface area (Å²) in [5.74, 6) is -0.437. The number of carboxylic acid groups (broad SMARTS) is 1. The number of aromatic nitrogens is 3. The lowest BCUT2D eigenvalue weighted by atomic mass is 9.69. The van der Waals surface area contributed by atoms with Crippen molar-refractivity contribution in [3.63, 3.8) is 0 Å². The van der Waals surface area contributed by atoms with Crippen LogP contribution in [0.25, 0.3) is 11.0 Å². The highest BCUT2D eigenvalue weighted by molar-refractivity contribution is 5.94. The molecule has 3 N–H and O–H groups in total. The average molecular weight is 578 g/mol. The molecular formula is C30H32FN5O6. The number of fused-ring (bicyclic) bond motifs is 5. The molecule has 12 heteroatoms. The number of pyridine rings is 3. The average Bonchev–Trinajstić information content (AvgIpc) is 3.80. The predicted octanol–water partition coefficient (Wildman–Crippen LogP) is 3.40. The van der Waals surface area contributed by atoms with E-state index in [0.717, 1.165) is 31.4 Å². The number of hydrogen-bond acceptors (Lipinski definition) is 9. The Balaban J connectivity index is 0.975. The summed E-state index contributed by atoms with van der Waals surface area (Å²) in [7, 11) is 0. The molecule has 11 nitrogen and oxygen atoms in total. The maximum absolute atomic E-state index is 15.1. The smallest absolute Gasteiger partial charge is 0.306 e. The zero-order chi connectivity index (χ0) is 28.9. The number of amides is 1. The van der Waals surface area contributed by atoms with Crippen LogP contribution in [0.5, 0.6) is 11.6 Å². The molecule has 2 aliphatic carbocycles. The van der Waals surface area contributed by atoms with E-state index in [0.29, 0.717) is 66.5 Å². The number of carboxylic acids is 1. The van der Waals surface area contributed by atoms with E-state index in [1.165, 1.54) is 6.20 Å². The van der Waals surface area contributed by atoms with Gasteiger partial charge in [-0.25, -0.2) is 14.4 Å². The first-order valence-electron chi connectivity index (χ1n) is 14.4. The Labute approximate surface area is 241 Å². The molecule has 3 aromatic heterocycles. The molecule has 6 heterocycles. The van der Waals surface area contributed by atoms with Gasteiger partial charge in [0.1, 0.15) is 5.82 Å². The number of nitrogens with zero attached hydrogens (tertiary/aromatic N) is 3. The first kappa shape index (κ1) is 27.0. The first-order chi connectivity index (χ1) is 20.3. The lowest BCUT2D eigenvalue weighted by Crippen LogP contribution is -2.61. The van der Waals surface area contributed by atoms with Gasteiger partial charge < -0.3 is 30.0 Å². The molecule has 2 saturated carbocycles. The number of anilines is 1. The van der Waals surface area contributed by atoms with Crippen LogP contribution in [0.3, 0.4) is 0 Å². The van der Waals surface area contributed by atoms with Crippen molar-refractivity contribution in [2.45, 2.75) is 62.6 Å². The number of carbonyl (C=O) groups is 2. The lowest BCUT2D eigenvalue weighted by Gasteiger charge is -2.53. The van der Waals surface area contributed by atoms with E-state index < -0.39 is 11.8 Å². The summed E-state index contributed by atoms with van der Waals surface area (Å²) in [6, 6.07) is 7.17. The van der Waals surface area contributed by atoms with Gasteiger partial charge in [-0.2, -0.15) is 0 Å². The Bertz CT molecular complexity index is 1540. The van der Waals surface area contributed by atoms with Crippen molar-refractivity contribution in [1.29, 1.82) is 0 Å². The molecular weight excluding hydrogens is 545 g/mol. The third-order valence-corrected chi connectivity index (χ3v) is 9.21. The molecule has 1 amide bonds. The second kappa shape index (κ2) is 10.4. The molecule has 220 valence electrons. The summed E-state index contributed by atoms with van der Waals surface area (Å²) < 4.78 is 32.7. The van der Waals surface area contributed by atoms with Crippen LogP contribution in [-0.2, 0) is 27.3 Å². The van der Waals surface area contributed by atoms with Crippen molar-refractivity contribution in [3.8, 4) is 11.6 Å². The zero-order valence-corrected chi connectivity index (χ0v) is 23.0. The Morgan fingerprint density at radius 2 is 2.05 bits per heavy atom. The maximum atomic E-state index is 15.1. The molecule has 2 saturated heterocycles. The minimum Gasteiger partial charge on any atom is -0.481 e. The summed E-state index contributed by atoms with van der Waals surface area (Å²) in [6.07, 6.45) is 6.56. The van der Waals surface area contributed by atoms with Gasteiger partial charge in [0.05, 0.1) is 47.7 Å². The number of nitrogens with one attached hydrogen (secondary N) is 2. The third-order valence-electron chi connectivity index (χ3n) is 9.21. The van der Waals surface area contributed by atoms with Gasteiger partial charge in [0.25, 0.3) is 5.91 Å². The molecule has 0 aromatic carbocycles. The fraction of sp³-hybridized carbons (Fsp3) is 0.500. The number of aliphatic carboxylic acids is 1. The van der Waals surface area contributed by atoms with E-state index in [9.17, 15) is 9.59 Å². The summed E-state index contributed by atoms with van der Waals surface area (Å²) >= 11 is 0. The van der Waals surface area contributed by atoms with Gasteiger partial charge in [-0.15, -0.1) is 0 Å². The monoisotopic (exact) mass is 577 g/mol. The summed E-state index contributed by atoms with van der Waals surface area (Å²) in [6.45, 7) is 1.38. The van der Waals surface area contributed by atoms with Crippen molar-refractivity contribution >= 4 is 28.7 Å². The molecule has 3 aliphatic heterocycles. The molecule has 8 rings (SSSR count). The van der Waals surface area contributed by atoms with Gasteiger partial charge in [0.15, 0.2) is 18.2 Å². The molecule has 5 aliphatic rings. The molecule has 0 radical (unpaired) electrons. The largest absolute Gasteiger partial charge is 0.481 e. The molecule has 42 heavy (non-hydrogen) atoms. The highest BCUT2D eigenvalue weighted by atomic mass is 19.1. The number of aryl methyl sites for hydroxylation is 1. The number of hydrogen-bond donors (Lipinski definition) is 3. The van der Waals surface area contributed by atoms with Crippen molar-refractivity contribution in [3.05, 3.63) is 47.5 Å². The summed E-state index contributed by atoms with van der Waals surface area (Å²) in [5, 5.41) is 15.5. The van der Waals surface area contributed by atoms with E-state index in [2.05, 4.69) is 25.6 Å². The predicted molar refractivity (Wildman–Crippen MR) is 148 cm³/mol. The quantitative estimate of drug-likeness (QED) is 0.328. The Kier molecular flexibility index (Phi) is 6.69. The van der Waals surface area contributed by atoms with Crippen LogP contribution in [0.2, 0.25) is 0 Å². The lowest BCUT2D eigenvalue weighted by molar-refractivity contribution is -0.165. The van der Waals surface area contributed by atoms with Crippen LogP contribution >= 0.6 is 0 Å². The zero-order valence-electron chi connectivity index (χ0n) is 23.0. The Hall–Kier alpha value is -3.90. The molecule has 0 spiro atoms. The van der Waals surface area contributed by atoms with E-state index in [1.807, 2.05) is 12.1 Å². The van der Waals surface area contributed by atoms with Crippen LogP contribution in [0.1, 0.15) is 49.8 Å². The van der Waals surface area contributed by atoms with Gasteiger partial charge in [0, 0.05) is 29.6 Å². The maximum Gasteiger partial charge on any atom is 0.306 e. The van der Waals surface area contributed by atoms with Crippen LogP contribution in [0, 0.1) is 17.7 Å². The van der Waals surface area contributed by atoms with E-state index in [1.54, 1.807) is 12.1 Å². The summed E-state index contributed by atoms with van der Waals surface area (Å²) in [4.78, 5) is 36.0. The number of halogens is 1. The van der Waals surface area contributed by atoms with Gasteiger partial charge in [-0.3, -0.25) is 14.6 Å². The van der Waals surface area contributed by atoms with Crippen molar-refractivity contribution in [2.24, 2.45) is 11.8 Å². The SMILES string of the molecule is O=C1COc2ccc(CNC34CCC(CCc5c(F)cnc6ccc(OCC7CC7C(=O)O)nc56)(CC3)OC4)nc2N1. The molecule has 2 bridgehead atoms. The van der Waals surface area contributed by atoms with Crippen molar-refractivity contribution in [2.75, 3.05) is 25.1 Å². The second-order valence-electron chi connectivity index (χ2n) is 11.9. The Morgan fingerprint density at radius 3 is 2.81 bits per heavy atom. The van der Waals surface area contributed by atoms with Crippen LogP contribution in [0.15, 0.2) is 30.5 Å². The van der Waals surface area contributed by atoms with Crippen molar-refractivity contribution < 1.29 is 33.3 Å². The number of rotatable bonds is 10. The fourth-order valence-electron chi connectivity index (χ4n) is 6.37. The highest BCUT2D eigenvalue weighted by Gasteiger charge is 2.49. The van der Waals surface area contributed by atoms with E-state index in [-0.39, 0.29) is 42.1 Å². The normalized spacial score (nSPS) is 27.7. The van der Waals surface area contributed by atoms with Gasteiger partial charge in [-0.1, -0.05) is 0 Å². The van der Waals surface area contributed by atoms with Gasteiger partial charge in [0.2, 0.25) is 5.88 Å². The third kappa shape index (κ3) is 5.24. The van der Waals surface area contributed by atoms with E-state index in [4.69, 9.17) is 19.3 Å². The van der Waals surface area contributed by atoms with Gasteiger partial charge >= 0.3 is 5.97 Å². The molecule has 2 atom stereocenters. The fourth-order valence-corrected chi connectivity index (χ4v) is 6.37. The highest BCUT2D eigenvalue weighted by Crippen LogP contribution is 2.46. The minimum absolute atomic E-state index is 0.00137. The second-order valence-corrected chi connectivity index (χ2v) is 11.9. The molecule has 3 aromatic rings. The first-order valence-corrected chi connectivity index (χ1v) is 14.4. The summed E-state index contributed by atoms with van der Waals surface area (Å²) in [5.41, 5.74) is 1.89. The van der Waals surface area contributed by atoms with Crippen LogP contribution < -0.4 is 20.1 Å². The standard InChI is InChI=1S/C30H32FN5O6/c31-21-13-32-22-2-4-25(41-14-17-11-20(17)28(38)39)36-26(22)19(21)5-6-30-9-7-29(8-10-30,16-42-30)33-12-18-1-3-23-27(34-18)35-24(37)15-40-23/h1-4,13,17,20,33H,5-12,14-16H2,(H,38,39)(H,34,35,37). The number of ether oxygens (including phenoxy) is 3. The molecule has 4 fully saturated rings. The number of carbonyl (C=O) groups excluding carboxylic acids is 1. The minimum atomic E-state index is -0.804.